The van der Waals surface area contributed by atoms with Crippen molar-refractivity contribution in [1.82, 2.24) is 14.5 Å². The number of aromatic nitrogens is 2. The van der Waals surface area contributed by atoms with Crippen LogP contribution >= 0.6 is 23.2 Å². The molecule has 10 heteroatoms. The molecule has 7 nitrogen and oxygen atoms in total. The Morgan fingerprint density at radius 1 is 1.20 bits per heavy atom. The van der Waals surface area contributed by atoms with Crippen molar-refractivity contribution in [1.29, 1.82) is 0 Å². The highest BCUT2D eigenvalue weighted by Crippen LogP contribution is 2.64. The van der Waals surface area contributed by atoms with Gasteiger partial charge in [0.25, 0.3) is 0 Å². The maximum absolute atomic E-state index is 16.1. The van der Waals surface area contributed by atoms with E-state index in [0.29, 0.717) is 40.4 Å². The third kappa shape index (κ3) is 3.63. The average Bonchev–Trinajstić information content (AvgIpc) is 3.53. The van der Waals surface area contributed by atoms with Gasteiger partial charge in [0.05, 0.1) is 16.1 Å². The van der Waals surface area contributed by atoms with E-state index in [0.717, 1.165) is 23.3 Å². The zero-order chi connectivity index (χ0) is 28.8. The van der Waals surface area contributed by atoms with E-state index in [2.05, 4.69) is 28.6 Å². The number of carbonyl (C=O) groups is 2. The molecule has 2 amide bonds. The number of imidazole rings is 1. The van der Waals surface area contributed by atoms with Crippen molar-refractivity contribution in [3.8, 4) is 0 Å². The highest BCUT2D eigenvalue weighted by atomic mass is 35.5. The van der Waals surface area contributed by atoms with E-state index in [1.54, 1.807) is 36.4 Å². The summed E-state index contributed by atoms with van der Waals surface area (Å²) >= 11 is 12.7. The van der Waals surface area contributed by atoms with E-state index < -0.39 is 23.2 Å². The molecule has 4 atom stereocenters. The summed E-state index contributed by atoms with van der Waals surface area (Å²) in [6.07, 6.45) is 0.726. The van der Waals surface area contributed by atoms with Gasteiger partial charge in [0, 0.05) is 52.8 Å². The van der Waals surface area contributed by atoms with Crippen molar-refractivity contribution in [2.45, 2.75) is 50.2 Å². The maximum Gasteiger partial charge on any atom is 0.250 e. The predicted octanol–water partition coefficient (Wildman–Crippen LogP) is 6.04. The van der Waals surface area contributed by atoms with Crippen molar-refractivity contribution in [2.24, 2.45) is 11.7 Å². The number of amides is 2. The number of likely N-dealkylation sites (tertiary alicyclic amines) is 1. The molecule has 0 radical (unpaired) electrons. The molecule has 7 rings (SSSR count). The predicted molar refractivity (Wildman–Crippen MR) is 157 cm³/mol. The number of hydrogen-bond donors (Lipinski definition) is 2. The van der Waals surface area contributed by atoms with Crippen molar-refractivity contribution in [2.75, 3.05) is 11.9 Å². The van der Waals surface area contributed by atoms with E-state index in [1.807, 2.05) is 12.1 Å². The standard InChI is InChI=1S/C31H28Cl2FN5O2/c1-15(2)14-39-24-10-11-38-23-9-6-16(28(35)40)12-22(23)36-29(38)25(24)26(18-4-3-5-20(33)27(18)34)31(39)19-8-7-17(32)13-21(19)37-30(31)41/h3-9,12-13,15,24-26H,10-11,14H2,1-2H3,(H2,35,40)(H,37,41)/t24-,25+,26-,31+/m0/s1. The van der Waals surface area contributed by atoms with Crippen LogP contribution in [0.5, 0.6) is 0 Å². The normalized spacial score (nSPS) is 25.0. The molecular weight excluding hydrogens is 564 g/mol. The summed E-state index contributed by atoms with van der Waals surface area (Å²) in [6, 6.07) is 15.5. The van der Waals surface area contributed by atoms with E-state index in [-0.39, 0.29) is 28.8 Å². The van der Waals surface area contributed by atoms with E-state index >= 15 is 4.39 Å². The lowest BCUT2D eigenvalue weighted by Gasteiger charge is -2.40. The van der Waals surface area contributed by atoms with Crippen LogP contribution in [0.15, 0.2) is 54.6 Å². The maximum atomic E-state index is 16.1. The van der Waals surface area contributed by atoms with Crippen molar-refractivity contribution in [3.63, 3.8) is 0 Å². The van der Waals surface area contributed by atoms with Gasteiger partial charge in [0.2, 0.25) is 11.8 Å². The fourth-order valence-corrected chi connectivity index (χ4v) is 7.92. The average molecular weight is 593 g/mol. The van der Waals surface area contributed by atoms with Crippen LogP contribution in [0.25, 0.3) is 11.0 Å². The van der Waals surface area contributed by atoms with Gasteiger partial charge >= 0.3 is 0 Å². The molecule has 1 spiro atoms. The molecule has 3 N–H and O–H groups in total. The Morgan fingerprint density at radius 3 is 2.76 bits per heavy atom. The van der Waals surface area contributed by atoms with Crippen molar-refractivity contribution in [3.05, 3.63) is 93.0 Å². The molecular formula is C31H28Cl2FN5O2. The summed E-state index contributed by atoms with van der Waals surface area (Å²) in [7, 11) is 0. The number of anilines is 1. The molecule has 0 bridgehead atoms. The summed E-state index contributed by atoms with van der Waals surface area (Å²) in [5.74, 6) is -1.32. The lowest BCUT2D eigenvalue weighted by molar-refractivity contribution is -0.128. The topological polar surface area (TPSA) is 93.2 Å². The lowest BCUT2D eigenvalue weighted by Crippen LogP contribution is -2.53. The summed E-state index contributed by atoms with van der Waals surface area (Å²) in [6.45, 7) is 5.51. The number of nitrogens with two attached hydrogens (primary N) is 1. The Morgan fingerprint density at radius 2 is 2.00 bits per heavy atom. The number of aryl methyl sites for hydroxylation is 1. The summed E-state index contributed by atoms with van der Waals surface area (Å²) in [5, 5.41) is 3.59. The Bertz CT molecular complexity index is 1770. The van der Waals surface area contributed by atoms with Crippen LogP contribution in [0.2, 0.25) is 10.0 Å². The fourth-order valence-electron chi connectivity index (χ4n) is 7.56. The molecule has 4 heterocycles. The van der Waals surface area contributed by atoms with Crippen LogP contribution < -0.4 is 11.1 Å². The summed E-state index contributed by atoms with van der Waals surface area (Å²) in [4.78, 5) is 33.7. The molecule has 0 saturated carbocycles. The van der Waals surface area contributed by atoms with Crippen LogP contribution in [0.4, 0.5) is 10.1 Å². The third-order valence-corrected chi connectivity index (χ3v) is 9.48. The number of carbonyl (C=O) groups excluding carboxylic acids is 2. The van der Waals surface area contributed by atoms with Crippen LogP contribution in [-0.4, -0.2) is 38.9 Å². The van der Waals surface area contributed by atoms with E-state index in [9.17, 15) is 9.59 Å². The second-order valence-corrected chi connectivity index (χ2v) is 12.5. The first-order chi connectivity index (χ1) is 19.6. The number of primary amides is 1. The van der Waals surface area contributed by atoms with Crippen LogP contribution in [0.1, 0.15) is 59.4 Å². The number of fused-ring (bicyclic) bond motifs is 7. The molecule has 1 fully saturated rings. The molecule has 3 aromatic carbocycles. The number of halogens is 3. The van der Waals surface area contributed by atoms with Gasteiger partial charge in [-0.1, -0.05) is 55.2 Å². The second-order valence-electron chi connectivity index (χ2n) is 11.6. The minimum Gasteiger partial charge on any atom is -0.366 e. The van der Waals surface area contributed by atoms with Crippen LogP contribution in [-0.2, 0) is 16.9 Å². The number of nitrogens with zero attached hydrogens (tertiary/aromatic N) is 3. The van der Waals surface area contributed by atoms with Gasteiger partial charge in [-0.25, -0.2) is 9.37 Å². The van der Waals surface area contributed by atoms with Crippen LogP contribution in [0.3, 0.4) is 0 Å². The zero-order valence-electron chi connectivity index (χ0n) is 22.5. The van der Waals surface area contributed by atoms with Gasteiger partial charge in [0.1, 0.15) is 17.2 Å². The third-order valence-electron chi connectivity index (χ3n) is 8.95. The lowest BCUT2D eigenvalue weighted by atomic mass is 9.70. The monoisotopic (exact) mass is 591 g/mol. The fraction of sp³-hybridized carbons (Fsp3) is 0.323. The smallest absolute Gasteiger partial charge is 0.250 e. The molecule has 3 aliphatic heterocycles. The first-order valence-electron chi connectivity index (χ1n) is 13.7. The molecule has 1 aromatic heterocycles. The van der Waals surface area contributed by atoms with Crippen molar-refractivity contribution >= 4 is 51.7 Å². The Kier molecular flexibility index (Phi) is 5.98. The minimum atomic E-state index is -1.23. The van der Waals surface area contributed by atoms with Gasteiger partial charge in [-0.2, -0.15) is 0 Å². The molecule has 210 valence electrons. The first kappa shape index (κ1) is 26.4. The molecule has 4 aromatic rings. The Labute approximate surface area is 246 Å². The first-order valence-corrected chi connectivity index (χ1v) is 14.5. The summed E-state index contributed by atoms with van der Waals surface area (Å²) < 4.78 is 18.3. The molecule has 0 aliphatic carbocycles. The number of rotatable bonds is 4. The second kappa shape index (κ2) is 9.28. The zero-order valence-corrected chi connectivity index (χ0v) is 24.0. The Balaban J connectivity index is 1.55. The molecule has 3 aliphatic rings. The SMILES string of the molecule is CC(C)CN1[C@H]2CCn3c(nc4cc(C(N)=O)ccc43)[C@H]2[C@H](c2cccc(Cl)c2F)[C@]12C(=O)Nc1cc(Cl)ccc12. The van der Waals surface area contributed by atoms with E-state index in [4.69, 9.17) is 33.9 Å². The Hall–Kier alpha value is -3.46. The van der Waals surface area contributed by atoms with Gasteiger partial charge in [-0.3, -0.25) is 14.5 Å². The van der Waals surface area contributed by atoms with Gasteiger partial charge in [0.15, 0.2) is 0 Å². The van der Waals surface area contributed by atoms with Gasteiger partial charge < -0.3 is 15.6 Å². The van der Waals surface area contributed by atoms with Gasteiger partial charge in [-0.15, -0.1) is 0 Å². The molecule has 1 saturated heterocycles. The van der Waals surface area contributed by atoms with Crippen LogP contribution in [0, 0.1) is 11.7 Å². The molecule has 41 heavy (non-hydrogen) atoms. The highest BCUT2D eigenvalue weighted by Gasteiger charge is 2.68. The quantitative estimate of drug-likeness (QED) is 0.302. The highest BCUT2D eigenvalue weighted by molar-refractivity contribution is 6.31. The minimum absolute atomic E-state index is 0.00153. The largest absolute Gasteiger partial charge is 0.366 e. The van der Waals surface area contributed by atoms with E-state index in [1.165, 1.54) is 6.07 Å². The molecule has 0 unspecified atom stereocenters. The summed E-state index contributed by atoms with van der Waals surface area (Å²) in [5.41, 5.74) is 7.98. The number of benzene rings is 3. The van der Waals surface area contributed by atoms with Crippen molar-refractivity contribution < 1.29 is 14.0 Å². The number of hydrogen-bond acceptors (Lipinski definition) is 4. The number of nitrogens with one attached hydrogen (secondary N) is 1. The van der Waals surface area contributed by atoms with Gasteiger partial charge in [-0.05, 0) is 54.3 Å².